The topological polar surface area (TPSA) is 32.3 Å². The lowest BCUT2D eigenvalue weighted by Gasteiger charge is -2.09. The molecule has 0 fully saturated rings. The average molecular weight is 244 g/mol. The fourth-order valence-electron chi connectivity index (χ4n) is 1.10. The van der Waals surface area contributed by atoms with Crippen LogP contribution in [-0.2, 0) is 0 Å². The summed E-state index contributed by atoms with van der Waals surface area (Å²) in [5, 5.41) is 12.2. The van der Waals surface area contributed by atoms with Crippen molar-refractivity contribution in [1.29, 1.82) is 0 Å². The molecule has 0 bridgehead atoms. The van der Waals surface area contributed by atoms with E-state index in [4.69, 9.17) is 5.11 Å². The first kappa shape index (κ1) is 10.5. The van der Waals surface area contributed by atoms with Crippen LogP contribution in [0.2, 0.25) is 0 Å². The summed E-state index contributed by atoms with van der Waals surface area (Å²) in [7, 11) is 0. The summed E-state index contributed by atoms with van der Waals surface area (Å²) in [6, 6.07) is 6.09. The Labute approximate surface area is 87.1 Å². The molecule has 0 aliphatic heterocycles. The van der Waals surface area contributed by atoms with Gasteiger partial charge in [-0.05, 0) is 37.6 Å². The number of aliphatic hydroxyl groups is 1. The van der Waals surface area contributed by atoms with Gasteiger partial charge in [-0.2, -0.15) is 0 Å². The van der Waals surface area contributed by atoms with E-state index in [2.05, 4.69) is 21.2 Å². The van der Waals surface area contributed by atoms with Crippen LogP contribution in [0.4, 0.5) is 5.69 Å². The quantitative estimate of drug-likeness (QED) is 0.856. The van der Waals surface area contributed by atoms with E-state index in [9.17, 15) is 0 Å². The number of halogens is 1. The first-order chi connectivity index (χ1) is 6.08. The van der Waals surface area contributed by atoms with Crippen LogP contribution in [0.15, 0.2) is 22.7 Å². The molecule has 1 aromatic carbocycles. The van der Waals surface area contributed by atoms with Crippen molar-refractivity contribution in [2.75, 3.05) is 11.9 Å². The molecule has 1 aromatic rings. The molecule has 0 radical (unpaired) electrons. The molecule has 0 aliphatic carbocycles. The van der Waals surface area contributed by atoms with E-state index in [0.717, 1.165) is 10.2 Å². The van der Waals surface area contributed by atoms with E-state index >= 15 is 0 Å². The minimum absolute atomic E-state index is 0.320. The van der Waals surface area contributed by atoms with E-state index in [1.807, 2.05) is 25.1 Å². The van der Waals surface area contributed by atoms with Gasteiger partial charge in [-0.3, -0.25) is 0 Å². The Balaban J connectivity index is 2.66. The number of benzene rings is 1. The molecule has 0 heterocycles. The Morgan fingerprint density at radius 1 is 1.46 bits per heavy atom. The maximum absolute atomic E-state index is 9.08. The van der Waals surface area contributed by atoms with Crippen molar-refractivity contribution in [2.45, 2.75) is 20.0 Å². The van der Waals surface area contributed by atoms with Crippen LogP contribution in [0.25, 0.3) is 0 Å². The zero-order chi connectivity index (χ0) is 9.84. The lowest BCUT2D eigenvalue weighted by Crippen LogP contribution is -2.15. The summed E-state index contributed by atoms with van der Waals surface area (Å²) in [4.78, 5) is 0. The fourth-order valence-corrected chi connectivity index (χ4v) is 1.71. The zero-order valence-corrected chi connectivity index (χ0v) is 9.43. The summed E-state index contributed by atoms with van der Waals surface area (Å²) >= 11 is 3.42. The standard InChI is InChI=1S/C10H14BrNO/c1-7-3-9(11)5-10(4-7)12-6-8(2)13/h3-5,8,12-13H,6H2,1-2H3. The second-order valence-electron chi connectivity index (χ2n) is 3.25. The molecule has 72 valence electrons. The van der Waals surface area contributed by atoms with Crippen LogP contribution >= 0.6 is 15.9 Å². The first-order valence-corrected chi connectivity index (χ1v) is 5.06. The third kappa shape index (κ3) is 3.79. The third-order valence-corrected chi connectivity index (χ3v) is 2.10. The van der Waals surface area contributed by atoms with Gasteiger partial charge in [-0.15, -0.1) is 0 Å². The molecule has 2 N–H and O–H groups in total. The molecular weight excluding hydrogens is 230 g/mol. The number of hydrogen-bond acceptors (Lipinski definition) is 2. The van der Waals surface area contributed by atoms with Crippen LogP contribution in [-0.4, -0.2) is 17.8 Å². The second kappa shape index (κ2) is 4.63. The van der Waals surface area contributed by atoms with Crippen molar-refractivity contribution >= 4 is 21.6 Å². The van der Waals surface area contributed by atoms with Gasteiger partial charge in [0.05, 0.1) is 6.10 Å². The molecule has 0 saturated heterocycles. The Kier molecular flexibility index (Phi) is 3.75. The monoisotopic (exact) mass is 243 g/mol. The van der Waals surface area contributed by atoms with Gasteiger partial charge in [0, 0.05) is 16.7 Å². The highest BCUT2D eigenvalue weighted by Gasteiger charge is 1.98. The Morgan fingerprint density at radius 3 is 2.69 bits per heavy atom. The Morgan fingerprint density at radius 2 is 2.15 bits per heavy atom. The van der Waals surface area contributed by atoms with E-state index < -0.39 is 0 Å². The van der Waals surface area contributed by atoms with E-state index in [1.54, 1.807) is 6.92 Å². The molecule has 0 amide bonds. The molecule has 0 spiro atoms. The van der Waals surface area contributed by atoms with E-state index in [0.29, 0.717) is 6.54 Å². The molecule has 0 aliphatic rings. The summed E-state index contributed by atoms with van der Waals surface area (Å²) < 4.78 is 1.06. The normalized spacial score (nSPS) is 12.6. The number of anilines is 1. The van der Waals surface area contributed by atoms with Crippen LogP contribution in [0.3, 0.4) is 0 Å². The van der Waals surface area contributed by atoms with Gasteiger partial charge < -0.3 is 10.4 Å². The number of aliphatic hydroxyl groups excluding tert-OH is 1. The maximum atomic E-state index is 9.08. The predicted molar refractivity (Wildman–Crippen MR) is 59.0 cm³/mol. The second-order valence-corrected chi connectivity index (χ2v) is 4.16. The average Bonchev–Trinajstić information content (AvgIpc) is 1.99. The summed E-state index contributed by atoms with van der Waals surface area (Å²) in [6.45, 7) is 4.38. The van der Waals surface area contributed by atoms with Gasteiger partial charge in [-0.25, -0.2) is 0 Å². The largest absolute Gasteiger partial charge is 0.392 e. The van der Waals surface area contributed by atoms with Crippen molar-refractivity contribution < 1.29 is 5.11 Å². The van der Waals surface area contributed by atoms with Gasteiger partial charge in [0.2, 0.25) is 0 Å². The Hall–Kier alpha value is -0.540. The molecule has 0 saturated carbocycles. The summed E-state index contributed by atoms with van der Waals surface area (Å²) in [6.07, 6.45) is -0.320. The van der Waals surface area contributed by atoms with Crippen molar-refractivity contribution in [3.05, 3.63) is 28.2 Å². The lowest BCUT2D eigenvalue weighted by atomic mass is 10.2. The summed E-state index contributed by atoms with van der Waals surface area (Å²) in [5.41, 5.74) is 2.23. The van der Waals surface area contributed by atoms with Gasteiger partial charge in [0.15, 0.2) is 0 Å². The zero-order valence-electron chi connectivity index (χ0n) is 7.84. The molecule has 1 atom stereocenters. The smallest absolute Gasteiger partial charge is 0.0684 e. The highest BCUT2D eigenvalue weighted by Crippen LogP contribution is 2.18. The molecule has 1 rings (SSSR count). The fraction of sp³-hybridized carbons (Fsp3) is 0.400. The lowest BCUT2D eigenvalue weighted by molar-refractivity contribution is 0.208. The van der Waals surface area contributed by atoms with Crippen molar-refractivity contribution in [3.8, 4) is 0 Å². The number of rotatable bonds is 3. The minimum Gasteiger partial charge on any atom is -0.392 e. The third-order valence-electron chi connectivity index (χ3n) is 1.64. The SMILES string of the molecule is Cc1cc(Br)cc(NCC(C)O)c1. The molecular formula is C10H14BrNO. The summed E-state index contributed by atoms with van der Waals surface area (Å²) in [5.74, 6) is 0. The molecule has 2 nitrogen and oxygen atoms in total. The molecule has 3 heteroatoms. The van der Waals surface area contributed by atoms with Crippen LogP contribution in [0.1, 0.15) is 12.5 Å². The van der Waals surface area contributed by atoms with Gasteiger partial charge in [0.1, 0.15) is 0 Å². The van der Waals surface area contributed by atoms with Gasteiger partial charge in [-0.1, -0.05) is 15.9 Å². The van der Waals surface area contributed by atoms with Crippen molar-refractivity contribution in [3.63, 3.8) is 0 Å². The Bertz CT molecular complexity index is 266. The number of hydrogen-bond donors (Lipinski definition) is 2. The molecule has 1 unspecified atom stereocenters. The van der Waals surface area contributed by atoms with Crippen molar-refractivity contribution in [2.24, 2.45) is 0 Å². The first-order valence-electron chi connectivity index (χ1n) is 4.27. The van der Waals surface area contributed by atoms with Crippen LogP contribution in [0.5, 0.6) is 0 Å². The number of aryl methyl sites for hydroxylation is 1. The van der Waals surface area contributed by atoms with Gasteiger partial charge >= 0.3 is 0 Å². The highest BCUT2D eigenvalue weighted by atomic mass is 79.9. The predicted octanol–water partition coefficient (Wildman–Crippen LogP) is 2.55. The van der Waals surface area contributed by atoms with Gasteiger partial charge in [0.25, 0.3) is 0 Å². The van der Waals surface area contributed by atoms with E-state index in [-0.39, 0.29) is 6.10 Å². The van der Waals surface area contributed by atoms with Crippen LogP contribution < -0.4 is 5.32 Å². The molecule has 13 heavy (non-hydrogen) atoms. The highest BCUT2D eigenvalue weighted by molar-refractivity contribution is 9.10. The van der Waals surface area contributed by atoms with Crippen LogP contribution in [0, 0.1) is 6.92 Å². The van der Waals surface area contributed by atoms with Crippen molar-refractivity contribution in [1.82, 2.24) is 0 Å². The van der Waals surface area contributed by atoms with E-state index in [1.165, 1.54) is 5.56 Å². The molecule has 0 aromatic heterocycles. The minimum atomic E-state index is -0.320. The number of nitrogens with one attached hydrogen (secondary N) is 1. The maximum Gasteiger partial charge on any atom is 0.0684 e.